The van der Waals surface area contributed by atoms with Crippen LogP contribution in [-0.2, 0) is 19.5 Å². The topological polar surface area (TPSA) is 89.1 Å². The first-order chi connectivity index (χ1) is 15.9. The van der Waals surface area contributed by atoms with Crippen LogP contribution in [0.1, 0.15) is 48.3 Å². The van der Waals surface area contributed by atoms with E-state index in [9.17, 15) is 0 Å². The van der Waals surface area contributed by atoms with Crippen molar-refractivity contribution in [3.8, 4) is 0 Å². The second-order valence-electron chi connectivity index (χ2n) is 9.38. The first kappa shape index (κ1) is 21.4. The molecular weight excluding hydrogens is 414 g/mol. The highest BCUT2D eigenvalue weighted by atomic mass is 15.4. The summed E-state index contributed by atoms with van der Waals surface area (Å²) in [6.07, 6.45) is 5.58. The van der Waals surface area contributed by atoms with E-state index in [1.807, 2.05) is 13.1 Å². The smallest absolute Gasteiger partial charge is 0.180 e. The first-order valence-corrected chi connectivity index (χ1v) is 11.6. The SMILES string of the molecule is Cc1cc(Nc2cnc3c(c2)CN(c2nn4cnnc4c(C)c2C)CC3)n(CCC(C)C)n1. The first-order valence-electron chi connectivity index (χ1n) is 11.6. The maximum absolute atomic E-state index is 4.80. The molecule has 5 heterocycles. The predicted molar refractivity (Wildman–Crippen MR) is 129 cm³/mol. The molecule has 0 saturated heterocycles. The van der Waals surface area contributed by atoms with E-state index in [1.54, 1.807) is 10.8 Å². The van der Waals surface area contributed by atoms with Crippen LogP contribution in [0.5, 0.6) is 0 Å². The molecule has 0 unspecified atom stereocenters. The molecule has 4 aromatic rings. The van der Waals surface area contributed by atoms with Gasteiger partial charge in [-0.2, -0.15) is 9.61 Å². The quantitative estimate of drug-likeness (QED) is 0.480. The van der Waals surface area contributed by atoms with Crippen LogP contribution in [0.2, 0.25) is 0 Å². The summed E-state index contributed by atoms with van der Waals surface area (Å²) in [4.78, 5) is 7.10. The average Bonchev–Trinajstić information content (AvgIpc) is 3.40. The van der Waals surface area contributed by atoms with E-state index in [0.29, 0.717) is 5.92 Å². The number of rotatable bonds is 6. The molecule has 172 valence electrons. The molecule has 0 bridgehead atoms. The summed E-state index contributed by atoms with van der Waals surface area (Å²) in [5.74, 6) is 2.62. The molecule has 9 nitrogen and oxygen atoms in total. The van der Waals surface area contributed by atoms with Crippen molar-refractivity contribution in [1.82, 2.24) is 34.6 Å². The van der Waals surface area contributed by atoms with Gasteiger partial charge in [0.1, 0.15) is 12.1 Å². The van der Waals surface area contributed by atoms with Crippen molar-refractivity contribution >= 4 is 23.0 Å². The number of aromatic nitrogens is 7. The van der Waals surface area contributed by atoms with Gasteiger partial charge < -0.3 is 10.2 Å². The maximum atomic E-state index is 4.80. The third-order valence-corrected chi connectivity index (χ3v) is 6.40. The summed E-state index contributed by atoms with van der Waals surface area (Å²) in [6.45, 7) is 13.2. The molecule has 0 amide bonds. The second kappa shape index (κ2) is 8.46. The Morgan fingerprint density at radius 1 is 1.09 bits per heavy atom. The van der Waals surface area contributed by atoms with Crippen LogP contribution in [-0.4, -0.2) is 41.1 Å². The Hall–Kier alpha value is -3.49. The van der Waals surface area contributed by atoms with Crippen molar-refractivity contribution in [2.24, 2.45) is 5.92 Å². The van der Waals surface area contributed by atoms with E-state index < -0.39 is 0 Å². The lowest BCUT2D eigenvalue weighted by molar-refractivity contribution is 0.489. The summed E-state index contributed by atoms with van der Waals surface area (Å²) in [6, 6.07) is 4.31. The van der Waals surface area contributed by atoms with Crippen LogP contribution >= 0.6 is 0 Å². The van der Waals surface area contributed by atoms with E-state index in [2.05, 4.69) is 70.0 Å². The zero-order valence-corrected chi connectivity index (χ0v) is 20.0. The summed E-state index contributed by atoms with van der Waals surface area (Å²) >= 11 is 0. The molecule has 0 saturated carbocycles. The summed E-state index contributed by atoms with van der Waals surface area (Å²) in [5, 5.41) is 21.2. The minimum absolute atomic E-state index is 0.636. The maximum Gasteiger partial charge on any atom is 0.180 e. The van der Waals surface area contributed by atoms with Gasteiger partial charge in [0.25, 0.3) is 0 Å². The van der Waals surface area contributed by atoms with E-state index >= 15 is 0 Å². The van der Waals surface area contributed by atoms with Crippen molar-refractivity contribution in [2.75, 3.05) is 16.8 Å². The van der Waals surface area contributed by atoms with Crippen molar-refractivity contribution in [1.29, 1.82) is 0 Å². The van der Waals surface area contributed by atoms with Crippen LogP contribution in [0.25, 0.3) is 5.65 Å². The van der Waals surface area contributed by atoms with Crippen LogP contribution in [0.3, 0.4) is 0 Å². The Morgan fingerprint density at radius 2 is 1.94 bits per heavy atom. The Kier molecular flexibility index (Phi) is 5.47. The van der Waals surface area contributed by atoms with Gasteiger partial charge in [0.2, 0.25) is 0 Å². The molecule has 5 rings (SSSR count). The van der Waals surface area contributed by atoms with Gasteiger partial charge in [-0.3, -0.25) is 4.98 Å². The third-order valence-electron chi connectivity index (χ3n) is 6.40. The van der Waals surface area contributed by atoms with E-state index in [0.717, 1.165) is 78.0 Å². The van der Waals surface area contributed by atoms with Crippen molar-refractivity contribution in [3.05, 3.63) is 52.7 Å². The normalized spacial score (nSPS) is 13.7. The fourth-order valence-corrected chi connectivity index (χ4v) is 4.38. The van der Waals surface area contributed by atoms with Crippen molar-refractivity contribution in [2.45, 2.75) is 60.5 Å². The van der Waals surface area contributed by atoms with Crippen LogP contribution < -0.4 is 10.2 Å². The second-order valence-corrected chi connectivity index (χ2v) is 9.38. The largest absolute Gasteiger partial charge is 0.350 e. The Labute approximate surface area is 193 Å². The van der Waals surface area contributed by atoms with Gasteiger partial charge in [0.05, 0.1) is 17.6 Å². The van der Waals surface area contributed by atoms with Crippen LogP contribution in [0, 0.1) is 26.7 Å². The highest BCUT2D eigenvalue weighted by Crippen LogP contribution is 2.29. The molecule has 0 spiro atoms. The minimum atomic E-state index is 0.636. The van der Waals surface area contributed by atoms with E-state index in [4.69, 9.17) is 10.1 Å². The summed E-state index contributed by atoms with van der Waals surface area (Å²) in [7, 11) is 0. The van der Waals surface area contributed by atoms with E-state index in [1.165, 1.54) is 5.56 Å². The van der Waals surface area contributed by atoms with Crippen molar-refractivity contribution < 1.29 is 0 Å². The lowest BCUT2D eigenvalue weighted by atomic mass is 10.0. The Balaban J connectivity index is 1.40. The average molecular weight is 446 g/mol. The molecule has 0 fully saturated rings. The predicted octanol–water partition coefficient (Wildman–Crippen LogP) is 3.99. The Bertz CT molecular complexity index is 1300. The van der Waals surface area contributed by atoms with Gasteiger partial charge in [0, 0.05) is 48.9 Å². The molecule has 1 N–H and O–H groups in total. The highest BCUT2D eigenvalue weighted by Gasteiger charge is 2.23. The fourth-order valence-electron chi connectivity index (χ4n) is 4.38. The number of hydrogen-bond acceptors (Lipinski definition) is 7. The Morgan fingerprint density at radius 3 is 2.76 bits per heavy atom. The number of nitrogens with zero attached hydrogens (tertiary/aromatic N) is 8. The molecule has 33 heavy (non-hydrogen) atoms. The van der Waals surface area contributed by atoms with Crippen molar-refractivity contribution in [3.63, 3.8) is 0 Å². The molecule has 0 aromatic carbocycles. The number of nitrogens with one attached hydrogen (secondary N) is 1. The number of aryl methyl sites for hydroxylation is 3. The van der Waals surface area contributed by atoms with Gasteiger partial charge in [-0.25, -0.2) is 4.68 Å². The standard InChI is InChI=1S/C24H31N9/c1-15(2)6-9-32-22(10-16(3)29-32)27-20-11-19-13-31(8-7-21(19)25-12-20)24-18(5)17(4)23-28-26-14-33(23)30-24/h10-12,14-15,27H,6-9,13H2,1-5H3. The summed E-state index contributed by atoms with van der Waals surface area (Å²) in [5.41, 5.74) is 7.44. The lowest BCUT2D eigenvalue weighted by Crippen LogP contribution is -2.33. The van der Waals surface area contributed by atoms with E-state index in [-0.39, 0.29) is 0 Å². The monoisotopic (exact) mass is 445 g/mol. The fraction of sp³-hybridized carbons (Fsp3) is 0.458. The number of pyridine rings is 1. The number of hydrogen-bond donors (Lipinski definition) is 1. The third kappa shape index (κ3) is 4.15. The molecule has 1 aliphatic heterocycles. The molecular formula is C24H31N9. The van der Waals surface area contributed by atoms with Gasteiger partial charge in [0.15, 0.2) is 11.5 Å². The highest BCUT2D eigenvalue weighted by molar-refractivity contribution is 5.61. The van der Waals surface area contributed by atoms with Crippen LogP contribution in [0.4, 0.5) is 17.3 Å². The zero-order valence-electron chi connectivity index (χ0n) is 20.0. The lowest BCUT2D eigenvalue weighted by Gasteiger charge is -2.30. The minimum Gasteiger partial charge on any atom is -0.350 e. The molecule has 0 atom stereocenters. The molecule has 1 aliphatic rings. The molecule has 9 heteroatoms. The van der Waals surface area contributed by atoms with Gasteiger partial charge >= 0.3 is 0 Å². The van der Waals surface area contributed by atoms with Gasteiger partial charge in [-0.05, 0) is 44.7 Å². The molecule has 0 radical (unpaired) electrons. The summed E-state index contributed by atoms with van der Waals surface area (Å²) < 4.78 is 3.83. The number of fused-ring (bicyclic) bond motifs is 2. The molecule has 0 aliphatic carbocycles. The molecule has 4 aromatic heterocycles. The van der Waals surface area contributed by atoms with Crippen LogP contribution in [0.15, 0.2) is 24.7 Å². The zero-order chi connectivity index (χ0) is 23.1. The number of anilines is 3. The van der Waals surface area contributed by atoms with Gasteiger partial charge in [-0.15, -0.1) is 15.3 Å². The van der Waals surface area contributed by atoms with Gasteiger partial charge in [-0.1, -0.05) is 13.8 Å².